The van der Waals surface area contributed by atoms with Gasteiger partial charge in [0.15, 0.2) is 0 Å². The number of hydrogen-bond acceptors (Lipinski definition) is 1. The van der Waals surface area contributed by atoms with Gasteiger partial charge < -0.3 is 4.90 Å². The van der Waals surface area contributed by atoms with Gasteiger partial charge in [-0.25, -0.2) is 0 Å². The van der Waals surface area contributed by atoms with Crippen LogP contribution in [0.4, 0.5) is 5.69 Å². The third-order valence-corrected chi connectivity index (χ3v) is 9.58. The molecule has 1 heteroatoms. The molecule has 0 fully saturated rings. The van der Waals surface area contributed by atoms with Crippen LogP contribution >= 0.6 is 0 Å². The number of nitrogens with zero attached hydrogens (tertiary/aromatic N) is 1. The van der Waals surface area contributed by atoms with E-state index in [1.165, 1.54) is 67.2 Å². The maximum Gasteiger partial charge on any atom is 0.0411 e. The van der Waals surface area contributed by atoms with E-state index in [1.807, 2.05) is 6.08 Å². The number of rotatable bonds is 3. The summed E-state index contributed by atoms with van der Waals surface area (Å²) in [5.41, 5.74) is 13.9. The lowest BCUT2D eigenvalue weighted by Gasteiger charge is -2.33. The van der Waals surface area contributed by atoms with Crippen LogP contribution in [0, 0.1) is 17.8 Å². The van der Waals surface area contributed by atoms with Gasteiger partial charge in [0.05, 0.1) is 0 Å². The average Bonchev–Trinajstić information content (AvgIpc) is 3.19. The van der Waals surface area contributed by atoms with Gasteiger partial charge in [0.2, 0.25) is 0 Å². The van der Waals surface area contributed by atoms with Crippen molar-refractivity contribution >= 4 is 22.4 Å². The molecule has 43 heavy (non-hydrogen) atoms. The molecule has 0 saturated carbocycles. The van der Waals surface area contributed by atoms with Gasteiger partial charge in [-0.2, -0.15) is 0 Å². The summed E-state index contributed by atoms with van der Waals surface area (Å²) >= 11 is 0. The van der Waals surface area contributed by atoms with Crippen molar-refractivity contribution in [2.45, 2.75) is 38.5 Å². The van der Waals surface area contributed by atoms with Crippen LogP contribution in [0.1, 0.15) is 48.8 Å². The summed E-state index contributed by atoms with van der Waals surface area (Å²) < 4.78 is 0. The number of aryl methyl sites for hydroxylation is 1. The van der Waals surface area contributed by atoms with Crippen molar-refractivity contribution in [2.75, 3.05) is 11.4 Å². The van der Waals surface area contributed by atoms with Crippen molar-refractivity contribution in [2.24, 2.45) is 5.92 Å². The second-order valence-corrected chi connectivity index (χ2v) is 12.1. The summed E-state index contributed by atoms with van der Waals surface area (Å²) in [4.78, 5) is 2.57. The molecule has 1 heterocycles. The Morgan fingerprint density at radius 2 is 1.47 bits per heavy atom. The molecule has 1 atom stereocenters. The average molecular weight is 554 g/mol. The van der Waals surface area contributed by atoms with Crippen molar-refractivity contribution in [1.29, 1.82) is 0 Å². The predicted molar refractivity (Wildman–Crippen MR) is 181 cm³/mol. The summed E-state index contributed by atoms with van der Waals surface area (Å²) in [5, 5.41) is 2.67. The largest absolute Gasteiger partial charge is 0.341 e. The highest BCUT2D eigenvalue weighted by atomic mass is 15.1. The maximum atomic E-state index is 3.43. The van der Waals surface area contributed by atoms with Crippen molar-refractivity contribution in [3.8, 4) is 23.0 Å². The van der Waals surface area contributed by atoms with Crippen LogP contribution in [-0.4, -0.2) is 6.54 Å². The molecular weight excluding hydrogens is 518 g/mol. The van der Waals surface area contributed by atoms with E-state index in [9.17, 15) is 0 Å². The third kappa shape index (κ3) is 4.78. The Morgan fingerprint density at radius 3 is 2.35 bits per heavy atom. The van der Waals surface area contributed by atoms with Crippen LogP contribution < -0.4 is 15.3 Å². The zero-order valence-corrected chi connectivity index (χ0v) is 24.5. The number of allylic oxidation sites excluding steroid dienone is 5. The molecule has 0 bridgehead atoms. The molecule has 1 aliphatic heterocycles. The van der Waals surface area contributed by atoms with Gasteiger partial charge in [-0.05, 0) is 106 Å². The number of anilines is 1. The Balaban J connectivity index is 1.20. The van der Waals surface area contributed by atoms with Crippen molar-refractivity contribution in [3.05, 3.63) is 154 Å². The molecule has 208 valence electrons. The first-order valence-corrected chi connectivity index (χ1v) is 15.8. The van der Waals surface area contributed by atoms with Crippen molar-refractivity contribution in [1.82, 2.24) is 0 Å². The molecule has 0 radical (unpaired) electrons. The maximum absolute atomic E-state index is 3.43. The summed E-state index contributed by atoms with van der Waals surface area (Å²) in [6.07, 6.45) is 15.7. The molecule has 0 aromatic heterocycles. The fourth-order valence-corrected chi connectivity index (χ4v) is 7.44. The smallest absolute Gasteiger partial charge is 0.0411 e. The molecular formula is C42H35N. The Hall–Kier alpha value is -4.80. The fraction of sp³-hybridized carbons (Fsp3) is 0.190. The second-order valence-electron chi connectivity index (χ2n) is 12.1. The van der Waals surface area contributed by atoms with E-state index < -0.39 is 0 Å². The second kappa shape index (κ2) is 11.1. The van der Waals surface area contributed by atoms with Gasteiger partial charge in [0.1, 0.15) is 0 Å². The van der Waals surface area contributed by atoms with Crippen LogP contribution in [0.2, 0.25) is 0 Å². The fourth-order valence-electron chi connectivity index (χ4n) is 7.44. The van der Waals surface area contributed by atoms with Crippen LogP contribution in [0.5, 0.6) is 0 Å². The molecule has 0 amide bonds. The number of benzene rings is 4. The zero-order chi connectivity index (χ0) is 28.6. The Kier molecular flexibility index (Phi) is 6.69. The molecule has 4 aliphatic rings. The quantitative estimate of drug-likeness (QED) is 0.183. The molecule has 0 N–H and O–H groups in total. The van der Waals surface area contributed by atoms with E-state index in [2.05, 4.69) is 132 Å². The molecule has 0 spiro atoms. The molecule has 8 rings (SSSR count). The van der Waals surface area contributed by atoms with E-state index in [0.717, 1.165) is 38.6 Å². The first-order chi connectivity index (χ1) is 21.3. The minimum Gasteiger partial charge on any atom is -0.341 e. The van der Waals surface area contributed by atoms with Crippen LogP contribution in [-0.2, 0) is 6.42 Å². The molecule has 1 nitrogen and oxygen atoms in total. The van der Waals surface area contributed by atoms with Gasteiger partial charge in [0, 0.05) is 29.4 Å². The predicted octanol–water partition coefficient (Wildman–Crippen LogP) is 8.20. The Morgan fingerprint density at radius 1 is 0.674 bits per heavy atom. The molecule has 3 aliphatic carbocycles. The highest BCUT2D eigenvalue weighted by Crippen LogP contribution is 2.40. The van der Waals surface area contributed by atoms with E-state index in [0.29, 0.717) is 5.92 Å². The zero-order valence-electron chi connectivity index (χ0n) is 24.5. The van der Waals surface area contributed by atoms with Crippen LogP contribution in [0.25, 0.3) is 27.8 Å². The first kappa shape index (κ1) is 25.9. The normalized spacial score (nSPS) is 19.5. The number of fused-ring (bicyclic) bond motifs is 4. The topological polar surface area (TPSA) is 3.24 Å². The van der Waals surface area contributed by atoms with Gasteiger partial charge in [-0.15, -0.1) is 0 Å². The molecule has 0 saturated heterocycles. The summed E-state index contributed by atoms with van der Waals surface area (Å²) in [5.74, 6) is 7.00. The van der Waals surface area contributed by atoms with Crippen molar-refractivity contribution < 1.29 is 0 Å². The minimum absolute atomic E-state index is 0.375. The van der Waals surface area contributed by atoms with E-state index in [4.69, 9.17) is 0 Å². The summed E-state index contributed by atoms with van der Waals surface area (Å²) in [6.45, 7) is 0.919. The SMILES string of the molecule is C1#CC2=c3ccccc3=C(c3ccc4c(c3)CCC3=C4CCC/C=C\CN3c3ccc(-c4ccccc4)cc3)CC2C=C1. The molecule has 4 aromatic rings. The van der Waals surface area contributed by atoms with Gasteiger partial charge >= 0.3 is 0 Å². The molecule has 1 unspecified atom stereocenters. The summed E-state index contributed by atoms with van der Waals surface area (Å²) in [7, 11) is 0. The third-order valence-electron chi connectivity index (χ3n) is 9.58. The Labute approximate surface area is 254 Å². The minimum atomic E-state index is 0.375. The van der Waals surface area contributed by atoms with Crippen LogP contribution in [0.15, 0.2) is 127 Å². The van der Waals surface area contributed by atoms with Gasteiger partial charge in [0.25, 0.3) is 0 Å². The van der Waals surface area contributed by atoms with Crippen LogP contribution in [0.3, 0.4) is 0 Å². The Bertz CT molecular complexity index is 1990. The highest BCUT2D eigenvalue weighted by Gasteiger charge is 2.26. The van der Waals surface area contributed by atoms with Gasteiger partial charge in [-0.1, -0.05) is 115 Å². The van der Waals surface area contributed by atoms with E-state index >= 15 is 0 Å². The van der Waals surface area contributed by atoms with E-state index in [1.54, 1.807) is 5.57 Å². The lowest BCUT2D eigenvalue weighted by atomic mass is 9.79. The lowest BCUT2D eigenvalue weighted by Crippen LogP contribution is -2.35. The monoisotopic (exact) mass is 553 g/mol. The van der Waals surface area contributed by atoms with Gasteiger partial charge in [-0.3, -0.25) is 0 Å². The number of hydrogen-bond donors (Lipinski definition) is 0. The lowest BCUT2D eigenvalue weighted by molar-refractivity contribution is 0.817. The standard InChI is InChI=1S/C42H35N/c1-2-11-27-43(35-23-19-31(20-24-35)30-12-4-3-5-13-30)42-26-22-33-28-34(21-25-37(33)40(42)18-6-1)41-29-32-14-7-8-15-36(32)38-16-9-10-17-39(38)41/h2-5,7,9-14,16-17,19-21,23-25,28,32H,1,6,18,22,26-27,29H2/b11-2-. The first-order valence-electron chi connectivity index (χ1n) is 15.8. The highest BCUT2D eigenvalue weighted by molar-refractivity contribution is 5.82. The summed E-state index contributed by atoms with van der Waals surface area (Å²) in [6, 6.07) is 36.1. The van der Waals surface area contributed by atoms with E-state index in [-0.39, 0.29) is 0 Å². The molecule has 4 aromatic carbocycles. The van der Waals surface area contributed by atoms with Crippen molar-refractivity contribution in [3.63, 3.8) is 0 Å².